The summed E-state index contributed by atoms with van der Waals surface area (Å²) in [6, 6.07) is 2.90. The number of pyridine rings is 1. The molecule has 1 heterocycles. The van der Waals surface area contributed by atoms with Crippen LogP contribution in [0.5, 0.6) is 0 Å². The predicted molar refractivity (Wildman–Crippen MR) is 43.9 cm³/mol. The smallest absolute Gasteiger partial charge is 0.127 e. The second-order valence-electron chi connectivity index (χ2n) is 2.81. The van der Waals surface area contributed by atoms with Crippen molar-refractivity contribution in [2.75, 3.05) is 0 Å². The van der Waals surface area contributed by atoms with E-state index in [9.17, 15) is 4.39 Å². The van der Waals surface area contributed by atoms with Crippen molar-refractivity contribution in [3.05, 3.63) is 28.2 Å². The largest absolute Gasteiger partial charge is 0.245 e. The molecule has 0 unspecified atom stereocenters. The standard InChI is InChI=1S/C8H7BrFN/c9-8-4-6(10)3-7(11-8)5-1-2-5/h3-5H,1-2H2. The molecule has 58 valence electrons. The molecule has 1 aromatic heterocycles. The summed E-state index contributed by atoms with van der Waals surface area (Å²) < 4.78 is 13.3. The number of hydrogen-bond acceptors (Lipinski definition) is 1. The van der Waals surface area contributed by atoms with Gasteiger partial charge >= 0.3 is 0 Å². The summed E-state index contributed by atoms with van der Waals surface area (Å²) in [5.74, 6) is 0.316. The fraction of sp³-hybridized carbons (Fsp3) is 0.375. The molecule has 11 heavy (non-hydrogen) atoms. The van der Waals surface area contributed by atoms with E-state index in [1.807, 2.05) is 0 Å². The maximum atomic E-state index is 12.7. The second kappa shape index (κ2) is 2.55. The van der Waals surface area contributed by atoms with Crippen LogP contribution in [0.4, 0.5) is 4.39 Å². The molecule has 1 aromatic rings. The van der Waals surface area contributed by atoms with Crippen molar-refractivity contribution in [3.8, 4) is 0 Å². The Morgan fingerprint density at radius 3 is 2.73 bits per heavy atom. The lowest BCUT2D eigenvalue weighted by Crippen LogP contribution is -1.88. The zero-order valence-corrected chi connectivity index (χ0v) is 7.44. The Labute approximate surface area is 72.8 Å². The van der Waals surface area contributed by atoms with Crippen LogP contribution in [0.1, 0.15) is 24.5 Å². The number of aromatic nitrogens is 1. The van der Waals surface area contributed by atoms with Crippen LogP contribution in [0.25, 0.3) is 0 Å². The third-order valence-electron chi connectivity index (χ3n) is 1.77. The molecular formula is C8H7BrFN. The third kappa shape index (κ3) is 1.59. The highest BCUT2D eigenvalue weighted by Gasteiger charge is 2.25. The molecule has 1 fully saturated rings. The van der Waals surface area contributed by atoms with Gasteiger partial charge in [-0.25, -0.2) is 9.37 Å². The van der Waals surface area contributed by atoms with Crippen molar-refractivity contribution in [3.63, 3.8) is 0 Å². The van der Waals surface area contributed by atoms with Crippen molar-refractivity contribution >= 4 is 15.9 Å². The zero-order valence-electron chi connectivity index (χ0n) is 5.85. The summed E-state index contributed by atoms with van der Waals surface area (Å²) in [6.07, 6.45) is 2.31. The van der Waals surface area contributed by atoms with E-state index in [1.165, 1.54) is 12.1 Å². The molecule has 0 bridgehead atoms. The van der Waals surface area contributed by atoms with E-state index in [-0.39, 0.29) is 5.82 Å². The van der Waals surface area contributed by atoms with Gasteiger partial charge in [0, 0.05) is 17.7 Å². The van der Waals surface area contributed by atoms with E-state index in [0.717, 1.165) is 18.5 Å². The topological polar surface area (TPSA) is 12.9 Å². The fourth-order valence-corrected chi connectivity index (χ4v) is 1.50. The number of hydrogen-bond donors (Lipinski definition) is 0. The van der Waals surface area contributed by atoms with E-state index >= 15 is 0 Å². The van der Waals surface area contributed by atoms with Gasteiger partial charge in [0.25, 0.3) is 0 Å². The fourth-order valence-electron chi connectivity index (χ4n) is 1.07. The van der Waals surface area contributed by atoms with Crippen LogP contribution in [0.15, 0.2) is 16.7 Å². The first-order chi connectivity index (χ1) is 5.25. The van der Waals surface area contributed by atoms with Crippen LogP contribution in [0.3, 0.4) is 0 Å². The Kier molecular flexibility index (Phi) is 1.68. The van der Waals surface area contributed by atoms with E-state index in [0.29, 0.717) is 10.5 Å². The van der Waals surface area contributed by atoms with Crippen molar-refractivity contribution in [1.82, 2.24) is 4.98 Å². The van der Waals surface area contributed by atoms with E-state index in [2.05, 4.69) is 20.9 Å². The average Bonchev–Trinajstić information content (AvgIpc) is 2.64. The minimum absolute atomic E-state index is 0.200. The molecule has 1 aliphatic carbocycles. The lowest BCUT2D eigenvalue weighted by atomic mass is 10.2. The Morgan fingerprint density at radius 1 is 1.45 bits per heavy atom. The second-order valence-corrected chi connectivity index (χ2v) is 3.62. The van der Waals surface area contributed by atoms with E-state index in [1.54, 1.807) is 0 Å². The first-order valence-electron chi connectivity index (χ1n) is 3.59. The molecule has 0 aliphatic heterocycles. The minimum Gasteiger partial charge on any atom is -0.245 e. The number of rotatable bonds is 1. The summed E-state index contributed by atoms with van der Waals surface area (Å²) in [4.78, 5) is 4.17. The molecule has 2 rings (SSSR count). The molecule has 0 amide bonds. The van der Waals surface area contributed by atoms with Gasteiger partial charge in [-0.3, -0.25) is 0 Å². The van der Waals surface area contributed by atoms with Crippen LogP contribution < -0.4 is 0 Å². The van der Waals surface area contributed by atoms with Crippen LogP contribution in [0.2, 0.25) is 0 Å². The predicted octanol–water partition coefficient (Wildman–Crippen LogP) is 2.86. The molecule has 0 radical (unpaired) electrons. The van der Waals surface area contributed by atoms with Crippen molar-refractivity contribution in [1.29, 1.82) is 0 Å². The van der Waals surface area contributed by atoms with Gasteiger partial charge in [0.15, 0.2) is 0 Å². The van der Waals surface area contributed by atoms with Crippen molar-refractivity contribution in [2.45, 2.75) is 18.8 Å². The van der Waals surface area contributed by atoms with Gasteiger partial charge in [-0.15, -0.1) is 0 Å². The molecule has 0 spiro atoms. The zero-order chi connectivity index (χ0) is 7.84. The number of halogens is 2. The molecule has 0 saturated heterocycles. The van der Waals surface area contributed by atoms with Crippen LogP contribution in [-0.2, 0) is 0 Å². The summed E-state index contributed by atoms with van der Waals surface area (Å²) in [5.41, 5.74) is 0.886. The van der Waals surface area contributed by atoms with Gasteiger partial charge in [0.1, 0.15) is 10.4 Å². The highest BCUT2D eigenvalue weighted by Crippen LogP contribution is 2.39. The minimum atomic E-state index is -0.200. The van der Waals surface area contributed by atoms with Crippen LogP contribution >= 0.6 is 15.9 Å². The lowest BCUT2D eigenvalue weighted by molar-refractivity contribution is 0.620. The Balaban J connectivity index is 2.39. The van der Waals surface area contributed by atoms with Crippen molar-refractivity contribution in [2.24, 2.45) is 0 Å². The number of nitrogens with zero attached hydrogens (tertiary/aromatic N) is 1. The Morgan fingerprint density at radius 2 is 2.18 bits per heavy atom. The summed E-state index contributed by atoms with van der Waals surface area (Å²) in [5, 5.41) is 0. The van der Waals surface area contributed by atoms with Gasteiger partial charge in [-0.2, -0.15) is 0 Å². The monoisotopic (exact) mass is 215 g/mol. The van der Waals surface area contributed by atoms with Gasteiger partial charge in [0.2, 0.25) is 0 Å². The SMILES string of the molecule is Fc1cc(Br)nc(C2CC2)c1. The molecule has 1 saturated carbocycles. The highest BCUT2D eigenvalue weighted by molar-refractivity contribution is 9.10. The molecule has 0 aromatic carbocycles. The quantitative estimate of drug-likeness (QED) is 0.657. The van der Waals surface area contributed by atoms with Gasteiger partial charge < -0.3 is 0 Å². The molecular weight excluding hydrogens is 209 g/mol. The van der Waals surface area contributed by atoms with Gasteiger partial charge in [-0.1, -0.05) is 0 Å². The summed E-state index contributed by atoms with van der Waals surface area (Å²) in [7, 11) is 0. The van der Waals surface area contributed by atoms with E-state index in [4.69, 9.17) is 0 Å². The maximum absolute atomic E-state index is 12.7. The summed E-state index contributed by atoms with van der Waals surface area (Å²) >= 11 is 3.16. The summed E-state index contributed by atoms with van der Waals surface area (Å²) in [6.45, 7) is 0. The average molecular weight is 216 g/mol. The van der Waals surface area contributed by atoms with Crippen LogP contribution in [-0.4, -0.2) is 4.98 Å². The van der Waals surface area contributed by atoms with E-state index < -0.39 is 0 Å². The van der Waals surface area contributed by atoms with Gasteiger partial charge in [0.05, 0.1) is 0 Å². The highest BCUT2D eigenvalue weighted by atomic mass is 79.9. The Hall–Kier alpha value is -0.440. The molecule has 3 heteroatoms. The molecule has 0 N–H and O–H groups in total. The lowest BCUT2D eigenvalue weighted by Gasteiger charge is -1.97. The third-order valence-corrected chi connectivity index (χ3v) is 2.18. The van der Waals surface area contributed by atoms with Crippen LogP contribution in [0, 0.1) is 5.82 Å². The Bertz CT molecular complexity index is 263. The molecule has 1 nitrogen and oxygen atoms in total. The maximum Gasteiger partial charge on any atom is 0.127 e. The van der Waals surface area contributed by atoms with Gasteiger partial charge in [-0.05, 0) is 34.8 Å². The first-order valence-corrected chi connectivity index (χ1v) is 4.38. The molecule has 0 atom stereocenters. The van der Waals surface area contributed by atoms with Crippen molar-refractivity contribution < 1.29 is 4.39 Å². The molecule has 1 aliphatic rings. The first kappa shape index (κ1) is 7.22. The normalized spacial score (nSPS) is 16.9.